The Balaban J connectivity index is 2.20. The van der Waals surface area contributed by atoms with Gasteiger partial charge in [0.25, 0.3) is 0 Å². The second kappa shape index (κ2) is 5.14. The van der Waals surface area contributed by atoms with E-state index in [1.165, 1.54) is 16.8 Å². The van der Waals surface area contributed by atoms with Gasteiger partial charge in [-0.1, -0.05) is 17.7 Å². The van der Waals surface area contributed by atoms with Gasteiger partial charge in [-0.2, -0.15) is 4.68 Å². The average Bonchev–Trinajstić information content (AvgIpc) is 2.91. The Morgan fingerprint density at radius 1 is 1.24 bits per heavy atom. The van der Waals surface area contributed by atoms with E-state index in [0.29, 0.717) is 16.4 Å². The van der Waals surface area contributed by atoms with Gasteiger partial charge in [-0.05, 0) is 53.2 Å². The highest BCUT2D eigenvalue weighted by Gasteiger charge is 2.16. The first-order chi connectivity index (χ1) is 10.1. The zero-order valence-electron chi connectivity index (χ0n) is 11.1. The standard InChI is InChI=1S/C14H11ClFN5/c1-8-11(15)3-2-4-13(8)21-14(18-19-20-21)10-6-5-9(16)7-12(10)17/h2-7H,17H2,1H3. The van der Waals surface area contributed by atoms with Gasteiger partial charge in [-0.3, -0.25) is 0 Å². The predicted molar refractivity (Wildman–Crippen MR) is 78.7 cm³/mol. The van der Waals surface area contributed by atoms with Gasteiger partial charge in [0.15, 0.2) is 5.82 Å². The third-order valence-electron chi connectivity index (χ3n) is 3.19. The second-order valence-electron chi connectivity index (χ2n) is 4.53. The average molecular weight is 304 g/mol. The van der Waals surface area contributed by atoms with Gasteiger partial charge in [0, 0.05) is 16.3 Å². The number of nitrogen functional groups attached to an aromatic ring is 1. The van der Waals surface area contributed by atoms with Crippen LogP contribution in [0.3, 0.4) is 0 Å². The van der Waals surface area contributed by atoms with Crippen LogP contribution in [0.2, 0.25) is 5.02 Å². The van der Waals surface area contributed by atoms with E-state index in [1.807, 2.05) is 19.1 Å². The molecule has 1 aromatic heterocycles. The van der Waals surface area contributed by atoms with Crippen molar-refractivity contribution in [2.75, 3.05) is 5.73 Å². The van der Waals surface area contributed by atoms with E-state index < -0.39 is 5.82 Å². The van der Waals surface area contributed by atoms with Crippen molar-refractivity contribution in [1.82, 2.24) is 20.2 Å². The number of nitrogens with two attached hydrogens (primary N) is 1. The number of rotatable bonds is 2. The van der Waals surface area contributed by atoms with Crippen LogP contribution in [0.15, 0.2) is 36.4 Å². The van der Waals surface area contributed by atoms with Crippen molar-refractivity contribution < 1.29 is 4.39 Å². The first-order valence-electron chi connectivity index (χ1n) is 6.17. The topological polar surface area (TPSA) is 69.6 Å². The number of aromatic nitrogens is 4. The van der Waals surface area contributed by atoms with Crippen molar-refractivity contribution in [1.29, 1.82) is 0 Å². The van der Waals surface area contributed by atoms with Crippen molar-refractivity contribution in [2.45, 2.75) is 6.92 Å². The van der Waals surface area contributed by atoms with E-state index in [2.05, 4.69) is 15.5 Å². The molecule has 3 rings (SSSR count). The molecule has 7 heteroatoms. The molecule has 106 valence electrons. The van der Waals surface area contributed by atoms with Gasteiger partial charge in [-0.25, -0.2) is 4.39 Å². The SMILES string of the molecule is Cc1c(Cl)cccc1-n1nnnc1-c1ccc(F)cc1N. The molecule has 0 spiro atoms. The zero-order chi connectivity index (χ0) is 15.0. The maximum Gasteiger partial charge on any atom is 0.189 e. The molecular formula is C14H11ClFN5. The first kappa shape index (κ1) is 13.5. The third-order valence-corrected chi connectivity index (χ3v) is 3.60. The fourth-order valence-corrected chi connectivity index (χ4v) is 2.25. The van der Waals surface area contributed by atoms with Crippen molar-refractivity contribution in [3.8, 4) is 17.1 Å². The summed E-state index contributed by atoms with van der Waals surface area (Å²) in [6.07, 6.45) is 0. The maximum absolute atomic E-state index is 13.2. The van der Waals surface area contributed by atoms with E-state index in [-0.39, 0.29) is 5.69 Å². The lowest BCUT2D eigenvalue weighted by molar-refractivity contribution is 0.628. The third kappa shape index (κ3) is 2.34. The lowest BCUT2D eigenvalue weighted by Gasteiger charge is -2.10. The zero-order valence-corrected chi connectivity index (χ0v) is 11.8. The second-order valence-corrected chi connectivity index (χ2v) is 4.94. The molecule has 2 aromatic carbocycles. The number of hydrogen-bond donors (Lipinski definition) is 1. The smallest absolute Gasteiger partial charge is 0.189 e. The van der Waals surface area contributed by atoms with Crippen molar-refractivity contribution in [2.24, 2.45) is 0 Å². The highest BCUT2D eigenvalue weighted by molar-refractivity contribution is 6.31. The molecular weight excluding hydrogens is 293 g/mol. The quantitative estimate of drug-likeness (QED) is 0.739. The molecule has 0 fully saturated rings. The van der Waals surface area contributed by atoms with E-state index >= 15 is 0 Å². The van der Waals surface area contributed by atoms with Crippen LogP contribution in [-0.4, -0.2) is 20.2 Å². The summed E-state index contributed by atoms with van der Waals surface area (Å²) in [7, 11) is 0. The van der Waals surface area contributed by atoms with Gasteiger partial charge in [0.1, 0.15) is 5.82 Å². The summed E-state index contributed by atoms with van der Waals surface area (Å²) in [6.45, 7) is 1.87. The van der Waals surface area contributed by atoms with E-state index in [0.717, 1.165) is 11.3 Å². The van der Waals surface area contributed by atoms with Gasteiger partial charge >= 0.3 is 0 Å². The molecule has 5 nitrogen and oxygen atoms in total. The van der Waals surface area contributed by atoms with Gasteiger partial charge in [0.2, 0.25) is 0 Å². The van der Waals surface area contributed by atoms with Crippen LogP contribution in [0.25, 0.3) is 17.1 Å². The van der Waals surface area contributed by atoms with Crippen LogP contribution in [0.1, 0.15) is 5.56 Å². The molecule has 0 saturated carbocycles. The number of hydrogen-bond acceptors (Lipinski definition) is 4. The monoisotopic (exact) mass is 303 g/mol. The molecule has 21 heavy (non-hydrogen) atoms. The summed E-state index contributed by atoms with van der Waals surface area (Å²) in [5.74, 6) is 0.0204. The minimum Gasteiger partial charge on any atom is -0.398 e. The van der Waals surface area contributed by atoms with Gasteiger partial charge in [-0.15, -0.1) is 5.10 Å². The molecule has 0 radical (unpaired) electrons. The summed E-state index contributed by atoms with van der Waals surface area (Å²) < 4.78 is 14.7. The van der Waals surface area contributed by atoms with Crippen molar-refractivity contribution in [3.63, 3.8) is 0 Å². The summed E-state index contributed by atoms with van der Waals surface area (Å²) in [6, 6.07) is 9.54. The first-order valence-corrected chi connectivity index (χ1v) is 6.55. The minimum absolute atomic E-state index is 0.269. The fourth-order valence-electron chi connectivity index (χ4n) is 2.08. The number of nitrogens with zero attached hydrogens (tertiary/aromatic N) is 4. The lowest BCUT2D eigenvalue weighted by atomic mass is 10.1. The molecule has 2 N–H and O–H groups in total. The normalized spacial score (nSPS) is 10.8. The molecule has 0 amide bonds. The summed E-state index contributed by atoms with van der Waals surface area (Å²) in [5.41, 5.74) is 8.26. The van der Waals surface area contributed by atoms with Crippen LogP contribution >= 0.6 is 11.6 Å². The van der Waals surface area contributed by atoms with Crippen LogP contribution < -0.4 is 5.73 Å². The van der Waals surface area contributed by atoms with E-state index in [4.69, 9.17) is 17.3 Å². The van der Waals surface area contributed by atoms with Crippen LogP contribution in [0.5, 0.6) is 0 Å². The Bertz CT molecular complexity index is 815. The van der Waals surface area contributed by atoms with Crippen LogP contribution in [-0.2, 0) is 0 Å². The fraction of sp³-hybridized carbons (Fsp3) is 0.0714. The Labute approximate surface area is 125 Å². The number of tetrazole rings is 1. The molecule has 0 saturated heterocycles. The maximum atomic E-state index is 13.2. The molecule has 0 aliphatic carbocycles. The molecule has 0 aliphatic rings. The molecule has 0 aliphatic heterocycles. The Hall–Kier alpha value is -2.47. The highest BCUT2D eigenvalue weighted by Crippen LogP contribution is 2.28. The summed E-state index contributed by atoms with van der Waals surface area (Å²) >= 11 is 6.12. The van der Waals surface area contributed by atoms with Crippen LogP contribution in [0, 0.1) is 12.7 Å². The van der Waals surface area contributed by atoms with Gasteiger partial charge in [0.05, 0.1) is 5.69 Å². The van der Waals surface area contributed by atoms with Gasteiger partial charge < -0.3 is 5.73 Å². The van der Waals surface area contributed by atoms with Crippen molar-refractivity contribution >= 4 is 17.3 Å². The number of benzene rings is 2. The largest absolute Gasteiger partial charge is 0.398 e. The molecule has 0 unspecified atom stereocenters. The molecule has 0 bridgehead atoms. The van der Waals surface area contributed by atoms with E-state index in [9.17, 15) is 4.39 Å². The number of halogens is 2. The lowest BCUT2D eigenvalue weighted by Crippen LogP contribution is -2.04. The van der Waals surface area contributed by atoms with E-state index in [1.54, 1.807) is 12.1 Å². The predicted octanol–water partition coefficient (Wildman–Crippen LogP) is 3.01. The minimum atomic E-state index is -0.408. The summed E-state index contributed by atoms with van der Waals surface area (Å²) in [5, 5.41) is 12.2. The molecule has 1 heterocycles. The Kier molecular flexibility index (Phi) is 3.31. The van der Waals surface area contributed by atoms with Crippen LogP contribution in [0.4, 0.5) is 10.1 Å². The van der Waals surface area contributed by atoms with Crippen molar-refractivity contribution in [3.05, 3.63) is 52.8 Å². The Morgan fingerprint density at radius 2 is 2.05 bits per heavy atom. The number of anilines is 1. The summed E-state index contributed by atoms with van der Waals surface area (Å²) in [4.78, 5) is 0. The highest BCUT2D eigenvalue weighted by atomic mass is 35.5. The molecule has 0 atom stereocenters. The Morgan fingerprint density at radius 3 is 2.81 bits per heavy atom. The molecule has 3 aromatic rings.